The molecule has 0 amide bonds. The van der Waals surface area contributed by atoms with Crippen molar-refractivity contribution >= 4 is 0 Å². The molecule has 1 fully saturated rings. The second-order valence-electron chi connectivity index (χ2n) is 3.38. The molecule has 1 heterocycles. The van der Waals surface area contributed by atoms with Crippen molar-refractivity contribution in [1.82, 2.24) is 10.2 Å². The normalized spacial score (nSPS) is 24.8. The minimum Gasteiger partial charge on any atom is -0.366 e. The molecular weight excluding hydrogens is 152 g/mol. The van der Waals surface area contributed by atoms with Crippen molar-refractivity contribution in [2.24, 2.45) is 0 Å². The number of hydrogen-bond donors (Lipinski definition) is 1. The van der Waals surface area contributed by atoms with Crippen LogP contribution >= 0.6 is 0 Å². The van der Waals surface area contributed by atoms with Gasteiger partial charge in [-0.05, 0) is 33.4 Å². The summed E-state index contributed by atoms with van der Waals surface area (Å²) in [6.45, 7) is 5.91. The van der Waals surface area contributed by atoms with E-state index in [0.29, 0.717) is 6.04 Å². The summed E-state index contributed by atoms with van der Waals surface area (Å²) in [7, 11) is 2.13. The van der Waals surface area contributed by atoms with Gasteiger partial charge in [-0.2, -0.15) is 0 Å². The molecule has 0 aliphatic carbocycles. The Hall–Kier alpha value is -0.120. The molecule has 0 aromatic rings. The largest absolute Gasteiger partial charge is 0.366 e. The third-order valence-electron chi connectivity index (χ3n) is 2.39. The first-order chi connectivity index (χ1) is 5.84. The van der Waals surface area contributed by atoms with E-state index in [1.807, 2.05) is 6.92 Å². The van der Waals surface area contributed by atoms with Crippen LogP contribution in [-0.4, -0.2) is 44.4 Å². The fourth-order valence-corrected chi connectivity index (χ4v) is 1.55. The highest BCUT2D eigenvalue weighted by molar-refractivity contribution is 4.74. The van der Waals surface area contributed by atoms with Crippen molar-refractivity contribution in [1.29, 1.82) is 0 Å². The van der Waals surface area contributed by atoms with Crippen LogP contribution < -0.4 is 5.32 Å². The second-order valence-corrected chi connectivity index (χ2v) is 3.38. The Bertz CT molecular complexity index is 113. The highest BCUT2D eigenvalue weighted by atomic mass is 16.5. The summed E-state index contributed by atoms with van der Waals surface area (Å²) in [6.07, 6.45) is 2.59. The molecule has 12 heavy (non-hydrogen) atoms. The molecule has 1 atom stereocenters. The molecule has 1 aliphatic heterocycles. The Morgan fingerprint density at radius 2 is 2.42 bits per heavy atom. The Morgan fingerprint density at radius 1 is 1.58 bits per heavy atom. The minimum atomic E-state index is 0.672. The SMILES string of the molecule is CCOCN(C)C1CCCNC1. The number of nitrogens with one attached hydrogen (secondary N) is 1. The Balaban J connectivity index is 2.15. The average molecular weight is 172 g/mol. The van der Waals surface area contributed by atoms with E-state index in [1.165, 1.54) is 19.4 Å². The van der Waals surface area contributed by atoms with Crippen LogP contribution in [0.3, 0.4) is 0 Å². The van der Waals surface area contributed by atoms with E-state index in [2.05, 4.69) is 17.3 Å². The molecule has 0 aromatic carbocycles. The van der Waals surface area contributed by atoms with E-state index in [4.69, 9.17) is 4.74 Å². The number of hydrogen-bond acceptors (Lipinski definition) is 3. The molecule has 0 saturated carbocycles. The summed E-state index contributed by atoms with van der Waals surface area (Å²) in [5, 5.41) is 3.39. The quantitative estimate of drug-likeness (QED) is 0.631. The zero-order chi connectivity index (χ0) is 8.81. The van der Waals surface area contributed by atoms with Crippen molar-refractivity contribution in [3.63, 3.8) is 0 Å². The van der Waals surface area contributed by atoms with Crippen molar-refractivity contribution in [2.45, 2.75) is 25.8 Å². The number of likely N-dealkylation sites (N-methyl/N-ethyl adjacent to an activating group) is 1. The standard InChI is InChI=1S/C9H20N2O/c1-3-12-8-11(2)9-5-4-6-10-7-9/h9-10H,3-8H2,1-2H3. The average Bonchev–Trinajstić information content (AvgIpc) is 2.15. The predicted molar refractivity (Wildman–Crippen MR) is 50.1 cm³/mol. The van der Waals surface area contributed by atoms with Crippen LogP contribution in [0, 0.1) is 0 Å². The zero-order valence-electron chi connectivity index (χ0n) is 8.18. The maximum Gasteiger partial charge on any atom is 0.0990 e. The van der Waals surface area contributed by atoms with Gasteiger partial charge in [0.25, 0.3) is 0 Å². The van der Waals surface area contributed by atoms with Crippen LogP contribution in [0.2, 0.25) is 0 Å². The van der Waals surface area contributed by atoms with Gasteiger partial charge in [0.05, 0.1) is 6.73 Å². The molecule has 1 N–H and O–H groups in total. The van der Waals surface area contributed by atoms with Gasteiger partial charge in [-0.25, -0.2) is 0 Å². The lowest BCUT2D eigenvalue weighted by Crippen LogP contribution is -2.44. The summed E-state index contributed by atoms with van der Waals surface area (Å²) in [4.78, 5) is 2.29. The molecule has 0 bridgehead atoms. The maximum absolute atomic E-state index is 5.35. The van der Waals surface area contributed by atoms with E-state index < -0.39 is 0 Å². The topological polar surface area (TPSA) is 24.5 Å². The fourth-order valence-electron chi connectivity index (χ4n) is 1.55. The van der Waals surface area contributed by atoms with E-state index in [1.54, 1.807) is 0 Å². The summed E-state index contributed by atoms with van der Waals surface area (Å²) in [5.74, 6) is 0. The van der Waals surface area contributed by atoms with E-state index in [9.17, 15) is 0 Å². The van der Waals surface area contributed by atoms with Crippen molar-refractivity contribution in [2.75, 3.05) is 33.5 Å². The monoisotopic (exact) mass is 172 g/mol. The van der Waals surface area contributed by atoms with Gasteiger partial charge >= 0.3 is 0 Å². The third kappa shape index (κ3) is 3.09. The van der Waals surface area contributed by atoms with Crippen LogP contribution in [0.4, 0.5) is 0 Å². The van der Waals surface area contributed by atoms with E-state index >= 15 is 0 Å². The minimum absolute atomic E-state index is 0.672. The summed E-state index contributed by atoms with van der Waals surface area (Å²) < 4.78 is 5.35. The highest BCUT2D eigenvalue weighted by Gasteiger charge is 2.16. The summed E-state index contributed by atoms with van der Waals surface area (Å²) >= 11 is 0. The van der Waals surface area contributed by atoms with Gasteiger partial charge in [0.2, 0.25) is 0 Å². The lowest BCUT2D eigenvalue weighted by molar-refractivity contribution is 0.0213. The summed E-state index contributed by atoms with van der Waals surface area (Å²) in [5.41, 5.74) is 0. The molecular formula is C9H20N2O. The van der Waals surface area contributed by atoms with Crippen molar-refractivity contribution in [3.05, 3.63) is 0 Å². The fraction of sp³-hybridized carbons (Fsp3) is 1.00. The van der Waals surface area contributed by atoms with Gasteiger partial charge in [-0.1, -0.05) is 0 Å². The van der Waals surface area contributed by atoms with Crippen LogP contribution in [0.5, 0.6) is 0 Å². The Morgan fingerprint density at radius 3 is 3.00 bits per heavy atom. The molecule has 3 nitrogen and oxygen atoms in total. The molecule has 72 valence electrons. The molecule has 1 aliphatic rings. The van der Waals surface area contributed by atoms with Gasteiger partial charge in [0, 0.05) is 19.2 Å². The third-order valence-corrected chi connectivity index (χ3v) is 2.39. The Labute approximate surface area is 75.1 Å². The molecule has 0 aromatic heterocycles. The zero-order valence-corrected chi connectivity index (χ0v) is 8.18. The first-order valence-electron chi connectivity index (χ1n) is 4.83. The predicted octanol–water partition coefficient (Wildman–Crippen LogP) is 0.664. The van der Waals surface area contributed by atoms with Crippen LogP contribution in [0.1, 0.15) is 19.8 Å². The van der Waals surface area contributed by atoms with Gasteiger partial charge < -0.3 is 10.1 Å². The first-order valence-corrected chi connectivity index (χ1v) is 4.83. The lowest BCUT2D eigenvalue weighted by atomic mass is 10.1. The number of piperidine rings is 1. The lowest BCUT2D eigenvalue weighted by Gasteiger charge is -2.31. The number of ether oxygens (including phenoxy) is 1. The van der Waals surface area contributed by atoms with Crippen LogP contribution in [0.25, 0.3) is 0 Å². The maximum atomic E-state index is 5.35. The van der Waals surface area contributed by atoms with Gasteiger partial charge in [-0.15, -0.1) is 0 Å². The molecule has 0 spiro atoms. The van der Waals surface area contributed by atoms with Crippen molar-refractivity contribution < 1.29 is 4.74 Å². The molecule has 1 rings (SSSR count). The van der Waals surface area contributed by atoms with Gasteiger partial charge in [-0.3, -0.25) is 4.90 Å². The van der Waals surface area contributed by atoms with Crippen molar-refractivity contribution in [3.8, 4) is 0 Å². The smallest absolute Gasteiger partial charge is 0.0990 e. The van der Waals surface area contributed by atoms with Gasteiger partial charge in [0.15, 0.2) is 0 Å². The Kier molecular flexibility index (Phi) is 4.58. The molecule has 3 heteroatoms. The molecule has 0 radical (unpaired) electrons. The molecule has 1 unspecified atom stereocenters. The second kappa shape index (κ2) is 5.51. The van der Waals surface area contributed by atoms with E-state index in [-0.39, 0.29) is 0 Å². The first kappa shape index (κ1) is 9.96. The van der Waals surface area contributed by atoms with Crippen LogP contribution in [0.15, 0.2) is 0 Å². The van der Waals surface area contributed by atoms with Crippen LogP contribution in [-0.2, 0) is 4.74 Å². The number of nitrogens with zero attached hydrogens (tertiary/aromatic N) is 1. The van der Waals surface area contributed by atoms with Gasteiger partial charge in [0.1, 0.15) is 0 Å². The highest BCUT2D eigenvalue weighted by Crippen LogP contribution is 2.07. The molecule has 1 saturated heterocycles. The summed E-state index contributed by atoms with van der Waals surface area (Å²) in [6, 6.07) is 0.672. The van der Waals surface area contributed by atoms with E-state index in [0.717, 1.165) is 19.9 Å². The number of rotatable bonds is 4.